The van der Waals surface area contributed by atoms with Crippen molar-refractivity contribution in [2.45, 2.75) is 50.4 Å². The Kier molecular flexibility index (Phi) is 7.13. The van der Waals surface area contributed by atoms with Crippen LogP contribution in [-0.4, -0.2) is 21.2 Å². The van der Waals surface area contributed by atoms with E-state index < -0.39 is 17.6 Å². The molecule has 0 aliphatic heterocycles. The van der Waals surface area contributed by atoms with Gasteiger partial charge in [-0.15, -0.1) is 11.3 Å². The first-order valence-corrected chi connectivity index (χ1v) is 13.8. The van der Waals surface area contributed by atoms with Gasteiger partial charge < -0.3 is 5.32 Å². The van der Waals surface area contributed by atoms with Gasteiger partial charge in [-0.3, -0.25) is 14.2 Å². The summed E-state index contributed by atoms with van der Waals surface area (Å²) in [6.45, 7) is 1.90. The molecule has 37 heavy (non-hydrogen) atoms. The third-order valence-corrected chi connectivity index (χ3v) is 8.53. The van der Waals surface area contributed by atoms with Crippen molar-refractivity contribution in [1.29, 1.82) is 0 Å². The van der Waals surface area contributed by atoms with Gasteiger partial charge in [-0.25, -0.2) is 4.98 Å². The van der Waals surface area contributed by atoms with Crippen molar-refractivity contribution in [1.82, 2.24) is 9.55 Å². The summed E-state index contributed by atoms with van der Waals surface area (Å²) in [6.07, 6.45) is 0.401. The van der Waals surface area contributed by atoms with Crippen LogP contribution in [0, 0.1) is 6.92 Å². The fraction of sp³-hybridized carbons (Fsp3) is 0.296. The number of halogens is 3. The number of hydrogen-bond donors (Lipinski definition) is 1. The number of benzene rings is 2. The van der Waals surface area contributed by atoms with Gasteiger partial charge in [0.25, 0.3) is 5.56 Å². The maximum Gasteiger partial charge on any atom is 0.418 e. The van der Waals surface area contributed by atoms with Gasteiger partial charge in [-0.2, -0.15) is 13.2 Å². The van der Waals surface area contributed by atoms with Crippen LogP contribution in [0.3, 0.4) is 0 Å². The number of alkyl halides is 3. The number of aryl methyl sites for hydroxylation is 3. The maximum atomic E-state index is 13.9. The Morgan fingerprint density at radius 1 is 1.08 bits per heavy atom. The van der Waals surface area contributed by atoms with E-state index in [1.807, 2.05) is 31.2 Å². The number of nitrogens with zero attached hydrogens (tertiary/aromatic N) is 2. The predicted molar refractivity (Wildman–Crippen MR) is 142 cm³/mol. The molecule has 192 valence electrons. The number of aromatic nitrogens is 2. The van der Waals surface area contributed by atoms with E-state index in [0.29, 0.717) is 21.1 Å². The lowest BCUT2D eigenvalue weighted by molar-refractivity contribution is -0.137. The minimum Gasteiger partial charge on any atom is -0.325 e. The molecule has 2 heterocycles. The Morgan fingerprint density at radius 3 is 2.59 bits per heavy atom. The fourth-order valence-corrected chi connectivity index (χ4v) is 6.75. The lowest BCUT2D eigenvalue weighted by Crippen LogP contribution is -2.24. The van der Waals surface area contributed by atoms with Crippen LogP contribution in [0.5, 0.6) is 0 Å². The smallest absolute Gasteiger partial charge is 0.325 e. The van der Waals surface area contributed by atoms with Crippen molar-refractivity contribution in [3.63, 3.8) is 0 Å². The van der Waals surface area contributed by atoms with Crippen LogP contribution in [0.15, 0.2) is 58.5 Å². The summed E-state index contributed by atoms with van der Waals surface area (Å²) in [5.74, 6) is -0.824. The first-order valence-electron chi connectivity index (χ1n) is 12.0. The van der Waals surface area contributed by atoms with Gasteiger partial charge in [-0.05, 0) is 61.9 Å². The fourth-order valence-electron chi connectivity index (χ4n) is 4.64. The Labute approximate surface area is 219 Å². The van der Waals surface area contributed by atoms with E-state index in [1.165, 1.54) is 39.0 Å². The number of thioether (sulfide) groups is 1. The van der Waals surface area contributed by atoms with Crippen molar-refractivity contribution in [3.8, 4) is 5.69 Å². The van der Waals surface area contributed by atoms with E-state index in [2.05, 4.69) is 5.32 Å². The SMILES string of the molecule is Cc1ccccc1-n1c(SCC(=O)Nc2ccccc2C(F)(F)F)nc2sc3c(c2c1=O)CCCCC3. The highest BCUT2D eigenvalue weighted by Gasteiger charge is 2.33. The molecule has 0 unspecified atom stereocenters. The molecule has 2 aromatic heterocycles. The number of hydrogen-bond acceptors (Lipinski definition) is 5. The lowest BCUT2D eigenvalue weighted by Gasteiger charge is -2.15. The van der Waals surface area contributed by atoms with Crippen LogP contribution < -0.4 is 10.9 Å². The maximum absolute atomic E-state index is 13.9. The Balaban J connectivity index is 1.52. The zero-order valence-electron chi connectivity index (χ0n) is 20.0. The second-order valence-corrected chi connectivity index (χ2v) is 11.0. The highest BCUT2D eigenvalue weighted by atomic mass is 32.2. The van der Waals surface area contributed by atoms with Gasteiger partial charge in [-0.1, -0.05) is 48.5 Å². The number of carbonyl (C=O) groups is 1. The molecule has 10 heteroatoms. The molecule has 0 fully saturated rings. The lowest BCUT2D eigenvalue weighted by atomic mass is 10.1. The number of fused-ring (bicyclic) bond motifs is 3. The Hall–Kier alpha value is -3.11. The monoisotopic (exact) mass is 543 g/mol. The van der Waals surface area contributed by atoms with Crippen molar-refractivity contribution >= 4 is 44.9 Å². The number of thiophene rings is 1. The van der Waals surface area contributed by atoms with E-state index in [-0.39, 0.29) is 17.0 Å². The van der Waals surface area contributed by atoms with Crippen molar-refractivity contribution in [2.24, 2.45) is 0 Å². The van der Waals surface area contributed by atoms with E-state index in [1.54, 1.807) is 0 Å². The molecule has 2 aromatic carbocycles. The summed E-state index contributed by atoms with van der Waals surface area (Å²) in [5, 5.41) is 3.34. The molecule has 0 saturated heterocycles. The number of amides is 1. The number of carbonyl (C=O) groups excluding carboxylic acids is 1. The summed E-state index contributed by atoms with van der Waals surface area (Å²) in [6, 6.07) is 12.3. The van der Waals surface area contributed by atoms with Crippen LogP contribution in [0.25, 0.3) is 15.9 Å². The molecule has 1 aliphatic carbocycles. The van der Waals surface area contributed by atoms with Crippen LogP contribution in [0.4, 0.5) is 18.9 Å². The number of para-hydroxylation sites is 2. The number of anilines is 1. The van der Waals surface area contributed by atoms with Crippen LogP contribution >= 0.6 is 23.1 Å². The Bertz CT molecular complexity index is 1540. The molecular formula is C27H24F3N3O2S2. The molecular weight excluding hydrogens is 519 g/mol. The molecule has 0 saturated carbocycles. The summed E-state index contributed by atoms with van der Waals surface area (Å²) in [7, 11) is 0. The van der Waals surface area contributed by atoms with Gasteiger partial charge in [0.15, 0.2) is 5.16 Å². The van der Waals surface area contributed by atoms with Gasteiger partial charge in [0, 0.05) is 4.88 Å². The average Bonchev–Trinajstić information content (AvgIpc) is 3.04. The zero-order chi connectivity index (χ0) is 26.2. The highest BCUT2D eigenvalue weighted by molar-refractivity contribution is 7.99. The van der Waals surface area contributed by atoms with Crippen LogP contribution in [0.1, 0.15) is 40.8 Å². The molecule has 0 bridgehead atoms. The summed E-state index contributed by atoms with van der Waals surface area (Å²) >= 11 is 2.56. The average molecular weight is 544 g/mol. The van der Waals surface area contributed by atoms with Gasteiger partial charge in [0.05, 0.1) is 28.1 Å². The quantitative estimate of drug-likeness (QED) is 0.171. The van der Waals surface area contributed by atoms with Crippen molar-refractivity contribution in [2.75, 3.05) is 11.1 Å². The van der Waals surface area contributed by atoms with E-state index >= 15 is 0 Å². The minimum absolute atomic E-state index is 0.177. The van der Waals surface area contributed by atoms with Crippen LogP contribution in [-0.2, 0) is 23.8 Å². The number of rotatable bonds is 5. The number of nitrogens with one attached hydrogen (secondary N) is 1. The third-order valence-electron chi connectivity index (χ3n) is 6.40. The molecule has 1 aliphatic rings. The zero-order valence-corrected chi connectivity index (χ0v) is 21.7. The summed E-state index contributed by atoms with van der Waals surface area (Å²) in [5.41, 5.74) is 1.23. The topological polar surface area (TPSA) is 64.0 Å². The Morgan fingerprint density at radius 2 is 1.81 bits per heavy atom. The van der Waals surface area contributed by atoms with E-state index in [0.717, 1.165) is 61.1 Å². The first kappa shape index (κ1) is 25.5. The van der Waals surface area contributed by atoms with Crippen molar-refractivity contribution in [3.05, 3.63) is 80.5 Å². The predicted octanol–water partition coefficient (Wildman–Crippen LogP) is 6.77. The second-order valence-electron chi connectivity index (χ2n) is 8.95. The molecule has 4 aromatic rings. The summed E-state index contributed by atoms with van der Waals surface area (Å²) < 4.78 is 41.6. The molecule has 1 amide bonds. The standard InChI is InChI=1S/C27H24F3N3O2S2/c1-16-9-5-8-13-20(16)33-25(35)23-17-10-3-2-4-14-21(17)37-24(23)32-26(33)36-15-22(34)31-19-12-7-6-11-18(19)27(28,29)30/h5-9,11-13H,2-4,10,14-15H2,1H3,(H,31,34). The van der Waals surface area contributed by atoms with E-state index in [9.17, 15) is 22.8 Å². The van der Waals surface area contributed by atoms with Crippen molar-refractivity contribution < 1.29 is 18.0 Å². The second kappa shape index (κ2) is 10.3. The molecule has 1 N–H and O–H groups in total. The van der Waals surface area contributed by atoms with E-state index in [4.69, 9.17) is 4.98 Å². The molecule has 0 atom stereocenters. The normalized spacial score (nSPS) is 13.8. The van der Waals surface area contributed by atoms with Gasteiger partial charge in [0.1, 0.15) is 4.83 Å². The minimum atomic E-state index is -4.59. The highest BCUT2D eigenvalue weighted by Crippen LogP contribution is 2.36. The first-order chi connectivity index (χ1) is 17.7. The molecule has 0 radical (unpaired) electrons. The molecule has 0 spiro atoms. The third kappa shape index (κ3) is 5.17. The van der Waals surface area contributed by atoms with Gasteiger partial charge in [0.2, 0.25) is 5.91 Å². The molecule has 5 nitrogen and oxygen atoms in total. The molecule has 5 rings (SSSR count). The van der Waals surface area contributed by atoms with Crippen LogP contribution in [0.2, 0.25) is 0 Å². The largest absolute Gasteiger partial charge is 0.418 e. The summed E-state index contributed by atoms with van der Waals surface area (Å²) in [4.78, 5) is 33.3. The van der Waals surface area contributed by atoms with Gasteiger partial charge >= 0.3 is 6.18 Å².